The van der Waals surface area contributed by atoms with Gasteiger partial charge in [0.05, 0.1) is 0 Å². The van der Waals surface area contributed by atoms with Crippen molar-refractivity contribution in [2.45, 2.75) is 51.9 Å². The number of fused-ring (bicyclic) bond motifs is 3. The zero-order valence-electron chi connectivity index (χ0n) is 20.7. The van der Waals surface area contributed by atoms with Gasteiger partial charge in [-0.2, -0.15) is 0 Å². The number of nitrogens with zero attached hydrogens (tertiary/aromatic N) is 1. The third-order valence-corrected chi connectivity index (χ3v) is 6.58. The second-order valence-corrected chi connectivity index (χ2v) is 9.17. The molecule has 3 rings (SSSR count). The maximum absolute atomic E-state index is 12.6. The fourth-order valence-corrected chi connectivity index (χ4v) is 4.64. The van der Waals surface area contributed by atoms with E-state index in [4.69, 9.17) is 9.84 Å². The molecule has 2 N–H and O–H groups in total. The molecule has 35 heavy (non-hydrogen) atoms. The van der Waals surface area contributed by atoms with Crippen LogP contribution >= 0.6 is 0 Å². The maximum atomic E-state index is 12.6. The van der Waals surface area contributed by atoms with Crippen LogP contribution in [0.3, 0.4) is 0 Å². The Balaban J connectivity index is 1.38. The molecule has 2 amide bonds. The minimum absolute atomic E-state index is 0.0280. The van der Waals surface area contributed by atoms with Crippen molar-refractivity contribution < 1.29 is 24.2 Å². The third kappa shape index (κ3) is 7.31. The number of carboxylic acids is 1. The maximum Gasteiger partial charge on any atom is 0.407 e. The highest BCUT2D eigenvalue weighted by Gasteiger charge is 2.29. The topological polar surface area (TPSA) is 95.9 Å². The molecule has 188 valence electrons. The summed E-state index contributed by atoms with van der Waals surface area (Å²) in [5.41, 5.74) is 4.74. The summed E-state index contributed by atoms with van der Waals surface area (Å²) in [5.74, 6) is -0.599. The minimum atomic E-state index is -0.808. The smallest absolute Gasteiger partial charge is 0.407 e. The van der Waals surface area contributed by atoms with E-state index in [1.807, 2.05) is 38.1 Å². The van der Waals surface area contributed by atoms with Gasteiger partial charge in [-0.1, -0.05) is 55.5 Å². The van der Waals surface area contributed by atoms with Gasteiger partial charge in [0.1, 0.15) is 6.61 Å². The molecule has 0 saturated heterocycles. The van der Waals surface area contributed by atoms with E-state index in [0.29, 0.717) is 45.3 Å². The molecule has 0 aromatic heterocycles. The van der Waals surface area contributed by atoms with Crippen LogP contribution in [0.1, 0.15) is 63.0 Å². The molecule has 2 aromatic carbocycles. The van der Waals surface area contributed by atoms with Crippen molar-refractivity contribution in [2.75, 3.05) is 26.2 Å². The monoisotopic (exact) mass is 480 g/mol. The van der Waals surface area contributed by atoms with E-state index in [1.54, 1.807) is 4.90 Å². The van der Waals surface area contributed by atoms with E-state index in [2.05, 4.69) is 29.6 Å². The summed E-state index contributed by atoms with van der Waals surface area (Å²) in [6.45, 7) is 5.83. The number of ether oxygens (including phenoxy) is 1. The van der Waals surface area contributed by atoms with Crippen molar-refractivity contribution in [3.63, 3.8) is 0 Å². The second-order valence-electron chi connectivity index (χ2n) is 9.17. The predicted octanol–water partition coefficient (Wildman–Crippen LogP) is 5.04. The molecule has 0 heterocycles. The molecule has 7 nitrogen and oxygen atoms in total. The molecule has 0 saturated carbocycles. The molecule has 1 aliphatic rings. The number of amides is 2. The Hall–Kier alpha value is -3.35. The standard InChI is InChI=1S/C28H36N2O5/c1-3-30(17-9-8-14-27(32)33)26(31)18-20(2)15-16-29-28(34)35-19-25-23-12-6-4-10-21(23)22-11-5-7-13-24(22)25/h4-7,10-13,20,25H,3,8-9,14-19H2,1-2H3,(H,29,34)(H,32,33). The molecule has 1 unspecified atom stereocenters. The lowest BCUT2D eigenvalue weighted by Crippen LogP contribution is -2.33. The number of aliphatic carboxylic acids is 1. The number of nitrogens with one attached hydrogen (secondary N) is 1. The van der Waals surface area contributed by atoms with Crippen molar-refractivity contribution in [3.05, 3.63) is 59.7 Å². The van der Waals surface area contributed by atoms with Crippen LogP contribution in [-0.4, -0.2) is 54.2 Å². The SMILES string of the molecule is CCN(CCCCC(=O)O)C(=O)CC(C)CCNC(=O)OCC1c2ccccc2-c2ccccc21. The summed E-state index contributed by atoms with van der Waals surface area (Å²) in [5, 5.41) is 11.5. The molecule has 7 heteroatoms. The van der Waals surface area contributed by atoms with Crippen molar-refractivity contribution in [2.24, 2.45) is 5.92 Å². The largest absolute Gasteiger partial charge is 0.481 e. The molecular formula is C28H36N2O5. The third-order valence-electron chi connectivity index (χ3n) is 6.58. The molecule has 1 atom stereocenters. The lowest BCUT2D eigenvalue weighted by Gasteiger charge is -2.22. The van der Waals surface area contributed by atoms with E-state index in [1.165, 1.54) is 22.3 Å². The van der Waals surface area contributed by atoms with Crippen LogP contribution in [0.4, 0.5) is 4.79 Å². The van der Waals surface area contributed by atoms with Gasteiger partial charge in [0.25, 0.3) is 0 Å². The summed E-state index contributed by atoms with van der Waals surface area (Å²) in [6, 6.07) is 16.5. The first-order valence-corrected chi connectivity index (χ1v) is 12.5. The van der Waals surface area contributed by atoms with Crippen molar-refractivity contribution >= 4 is 18.0 Å². The zero-order valence-corrected chi connectivity index (χ0v) is 20.7. The van der Waals surface area contributed by atoms with Crippen LogP contribution in [0.25, 0.3) is 11.1 Å². The number of hydrogen-bond acceptors (Lipinski definition) is 4. The van der Waals surface area contributed by atoms with Crippen LogP contribution in [-0.2, 0) is 14.3 Å². The van der Waals surface area contributed by atoms with Crippen LogP contribution in [0.2, 0.25) is 0 Å². The Bertz CT molecular complexity index is 976. The Kier molecular flexibility index (Phi) is 9.70. The second kappa shape index (κ2) is 12.9. The lowest BCUT2D eigenvalue weighted by atomic mass is 9.98. The summed E-state index contributed by atoms with van der Waals surface area (Å²) in [7, 11) is 0. The van der Waals surface area contributed by atoms with Gasteiger partial charge >= 0.3 is 12.1 Å². The Morgan fingerprint density at radius 2 is 1.66 bits per heavy atom. The van der Waals surface area contributed by atoms with Gasteiger partial charge in [-0.15, -0.1) is 0 Å². The molecule has 1 aliphatic carbocycles. The van der Waals surface area contributed by atoms with Crippen molar-refractivity contribution in [1.29, 1.82) is 0 Å². The van der Waals surface area contributed by atoms with E-state index in [-0.39, 0.29) is 30.8 Å². The van der Waals surface area contributed by atoms with Gasteiger partial charge in [0.15, 0.2) is 0 Å². The number of carboxylic acid groups (broad SMARTS) is 1. The van der Waals surface area contributed by atoms with Crippen LogP contribution in [0, 0.1) is 5.92 Å². The molecule has 0 fully saturated rings. The molecule has 0 bridgehead atoms. The number of hydrogen-bond donors (Lipinski definition) is 2. The summed E-state index contributed by atoms with van der Waals surface area (Å²) in [6.07, 6.45) is 2.01. The summed E-state index contributed by atoms with van der Waals surface area (Å²) in [4.78, 5) is 37.3. The predicted molar refractivity (Wildman–Crippen MR) is 135 cm³/mol. The number of alkyl carbamates (subject to hydrolysis) is 1. The van der Waals surface area contributed by atoms with E-state index < -0.39 is 12.1 Å². The van der Waals surface area contributed by atoms with Gasteiger partial charge in [-0.25, -0.2) is 4.79 Å². The number of carbonyl (C=O) groups is 3. The molecule has 0 aliphatic heterocycles. The average Bonchev–Trinajstić information content (AvgIpc) is 3.16. The van der Waals surface area contributed by atoms with E-state index in [9.17, 15) is 14.4 Å². The van der Waals surface area contributed by atoms with Crippen molar-refractivity contribution in [1.82, 2.24) is 10.2 Å². The molecule has 0 radical (unpaired) electrons. The van der Waals surface area contributed by atoms with Gasteiger partial charge in [0, 0.05) is 38.4 Å². The Morgan fingerprint density at radius 3 is 2.26 bits per heavy atom. The number of benzene rings is 2. The lowest BCUT2D eigenvalue weighted by molar-refractivity contribution is -0.137. The first-order valence-electron chi connectivity index (χ1n) is 12.5. The van der Waals surface area contributed by atoms with Crippen LogP contribution in [0.5, 0.6) is 0 Å². The van der Waals surface area contributed by atoms with Gasteiger partial charge < -0.3 is 20.1 Å². The van der Waals surface area contributed by atoms with Gasteiger partial charge in [-0.05, 0) is 54.4 Å². The quantitative estimate of drug-likeness (QED) is 0.391. The number of unbranched alkanes of at least 4 members (excludes halogenated alkanes) is 1. The fourth-order valence-electron chi connectivity index (χ4n) is 4.64. The number of rotatable bonds is 13. The summed E-state index contributed by atoms with van der Waals surface area (Å²) >= 11 is 0. The fraction of sp³-hybridized carbons (Fsp3) is 0.464. The van der Waals surface area contributed by atoms with Gasteiger partial charge in [0.2, 0.25) is 5.91 Å². The minimum Gasteiger partial charge on any atom is -0.481 e. The highest BCUT2D eigenvalue weighted by Crippen LogP contribution is 2.44. The first kappa shape index (κ1) is 26.3. The normalized spacial score (nSPS) is 13.0. The number of carbonyl (C=O) groups excluding carboxylic acids is 2. The summed E-state index contributed by atoms with van der Waals surface area (Å²) < 4.78 is 5.56. The van der Waals surface area contributed by atoms with Crippen LogP contribution in [0.15, 0.2) is 48.5 Å². The molecular weight excluding hydrogens is 444 g/mol. The Morgan fingerprint density at radius 1 is 1.03 bits per heavy atom. The Labute approximate surface area is 207 Å². The van der Waals surface area contributed by atoms with Gasteiger partial charge in [-0.3, -0.25) is 9.59 Å². The van der Waals surface area contributed by atoms with E-state index in [0.717, 1.165) is 0 Å². The van der Waals surface area contributed by atoms with Crippen LogP contribution < -0.4 is 5.32 Å². The van der Waals surface area contributed by atoms with Crippen molar-refractivity contribution in [3.8, 4) is 11.1 Å². The highest BCUT2D eigenvalue weighted by atomic mass is 16.5. The molecule has 2 aromatic rings. The van der Waals surface area contributed by atoms with E-state index >= 15 is 0 Å². The highest BCUT2D eigenvalue weighted by molar-refractivity contribution is 5.79. The zero-order chi connectivity index (χ0) is 25.2. The first-order chi connectivity index (χ1) is 16.9. The molecule has 0 spiro atoms. The average molecular weight is 481 g/mol.